The minimum Gasteiger partial charge on any atom is -0.304 e. The van der Waals surface area contributed by atoms with E-state index < -0.39 is 15.2 Å². The van der Waals surface area contributed by atoms with E-state index in [1.54, 1.807) is 24.3 Å². The summed E-state index contributed by atoms with van der Waals surface area (Å²) in [5.74, 6) is -0.0401. The van der Waals surface area contributed by atoms with Gasteiger partial charge in [-0.25, -0.2) is 13.4 Å². The molecule has 2 heterocycles. The van der Waals surface area contributed by atoms with Crippen LogP contribution in [0.25, 0.3) is 0 Å². The number of hydrogen-bond donors (Lipinski definition) is 1. The lowest BCUT2D eigenvalue weighted by Gasteiger charge is -2.36. The van der Waals surface area contributed by atoms with Gasteiger partial charge in [-0.3, -0.25) is 9.69 Å². The third-order valence-electron chi connectivity index (χ3n) is 7.10. The Morgan fingerprint density at radius 2 is 1.89 bits per heavy atom. The summed E-state index contributed by atoms with van der Waals surface area (Å²) in [7, 11) is -1.60. The lowest BCUT2D eigenvalue weighted by Crippen LogP contribution is -2.50. The number of carbonyl (C=O) groups excluding carboxylic acids is 1. The van der Waals surface area contributed by atoms with Gasteiger partial charge in [-0.05, 0) is 37.1 Å². The number of hydrogen-bond acceptors (Lipinski definition) is 7. The number of thiazole rings is 1. The Kier molecular flexibility index (Phi) is 8.65. The molecular weight excluding hydrogens is 504 g/mol. The van der Waals surface area contributed by atoms with Crippen molar-refractivity contribution in [1.29, 1.82) is 0 Å². The Balaban J connectivity index is 1.54. The highest BCUT2D eigenvalue weighted by atomic mass is 35.5. The summed E-state index contributed by atoms with van der Waals surface area (Å²) in [6, 6.07) is 6.83. The zero-order valence-corrected chi connectivity index (χ0v) is 22.4. The number of anilines is 1. The quantitative estimate of drug-likeness (QED) is 0.470. The second-order valence-corrected chi connectivity index (χ2v) is 13.2. The summed E-state index contributed by atoms with van der Waals surface area (Å²) in [5.41, 5.74) is 0.811. The van der Waals surface area contributed by atoms with Crippen molar-refractivity contribution in [2.24, 2.45) is 5.92 Å². The number of benzene rings is 1. The fourth-order valence-corrected chi connectivity index (χ4v) is 7.52. The molecule has 0 bridgehead atoms. The number of halogens is 1. The molecule has 1 amide bonds. The van der Waals surface area contributed by atoms with Crippen molar-refractivity contribution in [3.63, 3.8) is 0 Å². The molecule has 2 fully saturated rings. The SMILES string of the molecule is C=CC(N1CCN(C)CC1)S(=O)(=O)c1ccc(C(CC2CCCC2)C(=O)Nc2ncc(Cl)s2)cc1. The molecule has 7 nitrogen and oxygen atoms in total. The molecule has 0 radical (unpaired) electrons. The van der Waals surface area contributed by atoms with Gasteiger partial charge >= 0.3 is 0 Å². The lowest BCUT2D eigenvalue weighted by molar-refractivity contribution is -0.118. The molecule has 1 saturated heterocycles. The first-order valence-electron chi connectivity index (χ1n) is 12.1. The van der Waals surface area contributed by atoms with Gasteiger partial charge in [0.1, 0.15) is 9.71 Å². The molecule has 4 rings (SSSR count). The Hall–Kier alpha value is -1.78. The number of sulfone groups is 1. The molecule has 2 unspecified atom stereocenters. The summed E-state index contributed by atoms with van der Waals surface area (Å²) in [4.78, 5) is 21.8. The molecule has 190 valence electrons. The zero-order chi connectivity index (χ0) is 25.0. The van der Waals surface area contributed by atoms with Crippen LogP contribution in [0.4, 0.5) is 5.13 Å². The number of nitrogens with zero attached hydrogens (tertiary/aromatic N) is 3. The van der Waals surface area contributed by atoms with Gasteiger partial charge in [0.2, 0.25) is 5.91 Å². The van der Waals surface area contributed by atoms with E-state index in [0.29, 0.717) is 28.5 Å². The topological polar surface area (TPSA) is 82.6 Å². The van der Waals surface area contributed by atoms with Crippen molar-refractivity contribution in [1.82, 2.24) is 14.8 Å². The molecule has 2 aromatic rings. The van der Waals surface area contributed by atoms with Crippen molar-refractivity contribution < 1.29 is 13.2 Å². The number of amides is 1. The third kappa shape index (κ3) is 6.32. The predicted molar refractivity (Wildman–Crippen MR) is 142 cm³/mol. The molecule has 1 N–H and O–H groups in total. The van der Waals surface area contributed by atoms with Crippen LogP contribution < -0.4 is 5.32 Å². The van der Waals surface area contributed by atoms with Crippen LogP contribution in [0.3, 0.4) is 0 Å². The molecule has 0 spiro atoms. The van der Waals surface area contributed by atoms with Crippen molar-refractivity contribution in [2.45, 2.75) is 48.3 Å². The van der Waals surface area contributed by atoms with Gasteiger partial charge in [0.25, 0.3) is 0 Å². The normalized spacial score (nSPS) is 19.9. The van der Waals surface area contributed by atoms with Gasteiger partial charge < -0.3 is 10.2 Å². The van der Waals surface area contributed by atoms with Crippen LogP contribution in [0, 0.1) is 5.92 Å². The van der Waals surface area contributed by atoms with Gasteiger partial charge in [0.05, 0.1) is 17.0 Å². The van der Waals surface area contributed by atoms with Crippen LogP contribution in [0.1, 0.15) is 43.6 Å². The van der Waals surface area contributed by atoms with E-state index in [1.807, 2.05) is 11.9 Å². The Morgan fingerprint density at radius 1 is 1.23 bits per heavy atom. The minimum atomic E-state index is -3.63. The van der Waals surface area contributed by atoms with Gasteiger partial charge in [0, 0.05) is 26.2 Å². The van der Waals surface area contributed by atoms with Crippen molar-refractivity contribution in [3.8, 4) is 0 Å². The van der Waals surface area contributed by atoms with Crippen molar-refractivity contribution in [2.75, 3.05) is 38.5 Å². The van der Waals surface area contributed by atoms with Crippen LogP contribution in [-0.4, -0.2) is 67.7 Å². The number of piperazine rings is 1. The van der Waals surface area contributed by atoms with Crippen LogP contribution in [0.15, 0.2) is 48.0 Å². The highest BCUT2D eigenvalue weighted by Crippen LogP contribution is 2.36. The van der Waals surface area contributed by atoms with E-state index in [4.69, 9.17) is 11.6 Å². The molecule has 1 aliphatic heterocycles. The molecule has 35 heavy (non-hydrogen) atoms. The van der Waals surface area contributed by atoms with Crippen LogP contribution in [-0.2, 0) is 14.6 Å². The number of carbonyl (C=O) groups is 1. The maximum Gasteiger partial charge on any atom is 0.233 e. The van der Waals surface area contributed by atoms with E-state index in [1.165, 1.54) is 36.5 Å². The summed E-state index contributed by atoms with van der Waals surface area (Å²) < 4.78 is 27.4. The second-order valence-electron chi connectivity index (χ2n) is 9.48. The molecule has 1 aliphatic carbocycles. The van der Waals surface area contributed by atoms with Crippen molar-refractivity contribution >= 4 is 43.8 Å². The van der Waals surface area contributed by atoms with Crippen molar-refractivity contribution in [3.05, 3.63) is 53.0 Å². The molecule has 2 aliphatic rings. The summed E-state index contributed by atoms with van der Waals surface area (Å²) in [6.45, 7) is 6.81. The average molecular weight is 537 g/mol. The molecular formula is C25H33ClN4O3S2. The van der Waals surface area contributed by atoms with Crippen LogP contribution in [0.2, 0.25) is 4.34 Å². The zero-order valence-electron chi connectivity index (χ0n) is 20.0. The largest absolute Gasteiger partial charge is 0.304 e. The summed E-state index contributed by atoms with van der Waals surface area (Å²) in [6.07, 6.45) is 8.37. The summed E-state index contributed by atoms with van der Waals surface area (Å²) >= 11 is 7.20. The molecule has 1 saturated carbocycles. The maximum absolute atomic E-state index is 13.5. The van der Waals surface area contributed by atoms with E-state index in [-0.39, 0.29) is 16.7 Å². The molecule has 1 aromatic heterocycles. The smallest absolute Gasteiger partial charge is 0.233 e. The van der Waals surface area contributed by atoms with Gasteiger partial charge in [-0.2, -0.15) is 0 Å². The number of nitrogens with one attached hydrogen (secondary N) is 1. The molecule has 2 atom stereocenters. The maximum atomic E-state index is 13.5. The van der Waals surface area contributed by atoms with E-state index in [0.717, 1.165) is 37.9 Å². The number of likely N-dealkylation sites (N-methyl/N-ethyl adjacent to an activating group) is 1. The average Bonchev–Trinajstić information content (AvgIpc) is 3.50. The van der Waals surface area contributed by atoms with Gasteiger partial charge in [-0.1, -0.05) is 66.8 Å². The predicted octanol–water partition coefficient (Wildman–Crippen LogP) is 4.63. The Bertz CT molecular complexity index is 1120. The molecule has 10 heteroatoms. The highest BCUT2D eigenvalue weighted by Gasteiger charge is 2.33. The Morgan fingerprint density at radius 3 is 2.46 bits per heavy atom. The lowest BCUT2D eigenvalue weighted by atomic mass is 9.87. The standard InChI is InChI=1S/C25H33ClN4O3S2/c1-3-23(30-14-12-29(2)13-15-30)35(32,33)20-10-8-19(9-11-20)21(16-18-6-4-5-7-18)24(31)28-25-27-17-22(26)34-25/h3,8-11,17-18,21,23H,1,4-7,12-16H2,2H3,(H,27,28,31). The highest BCUT2D eigenvalue weighted by molar-refractivity contribution is 7.92. The van der Waals surface area contributed by atoms with Crippen LogP contribution in [0.5, 0.6) is 0 Å². The summed E-state index contributed by atoms with van der Waals surface area (Å²) in [5, 5.41) is 2.60. The second kappa shape index (κ2) is 11.5. The first-order valence-corrected chi connectivity index (χ1v) is 14.8. The fraction of sp³-hybridized carbons (Fsp3) is 0.520. The minimum absolute atomic E-state index is 0.139. The number of rotatable bonds is 9. The first-order chi connectivity index (χ1) is 16.8. The monoisotopic (exact) mass is 536 g/mol. The van der Waals surface area contributed by atoms with E-state index in [9.17, 15) is 13.2 Å². The van der Waals surface area contributed by atoms with Gasteiger partial charge in [-0.15, -0.1) is 6.58 Å². The van der Waals surface area contributed by atoms with E-state index >= 15 is 0 Å². The molecule has 1 aromatic carbocycles. The number of aromatic nitrogens is 1. The van der Waals surface area contributed by atoms with Crippen LogP contribution >= 0.6 is 22.9 Å². The van der Waals surface area contributed by atoms with Gasteiger partial charge in [0.15, 0.2) is 15.0 Å². The fourth-order valence-electron chi connectivity index (χ4n) is 5.06. The Labute approximate surface area is 217 Å². The third-order valence-corrected chi connectivity index (χ3v) is 10.2. The first kappa shape index (κ1) is 26.3. The van der Waals surface area contributed by atoms with E-state index in [2.05, 4.69) is 21.8 Å².